The number of hydrogen-bond acceptors (Lipinski definition) is 6. The minimum atomic E-state index is -0.944. The fourth-order valence-corrected chi connectivity index (χ4v) is 3.46. The molecule has 1 heterocycles. The van der Waals surface area contributed by atoms with Gasteiger partial charge in [0.2, 0.25) is 11.7 Å². The second-order valence-corrected chi connectivity index (χ2v) is 7.96. The van der Waals surface area contributed by atoms with Gasteiger partial charge >= 0.3 is 6.03 Å². The van der Waals surface area contributed by atoms with Gasteiger partial charge in [-0.05, 0) is 54.8 Å². The van der Waals surface area contributed by atoms with E-state index in [1.54, 1.807) is 60.1 Å². The van der Waals surface area contributed by atoms with Crippen LogP contribution in [0.4, 0.5) is 10.5 Å². The molecule has 0 saturated heterocycles. The number of hydrogen-bond donors (Lipinski definition) is 5. The summed E-state index contributed by atoms with van der Waals surface area (Å²) in [6.07, 6.45) is 3.67. The number of furan rings is 1. The summed E-state index contributed by atoms with van der Waals surface area (Å²) in [4.78, 5) is 48.8. The van der Waals surface area contributed by atoms with Crippen molar-refractivity contribution in [3.05, 3.63) is 89.9 Å². The molecule has 1 aromatic heterocycles. The molecule has 0 aliphatic carbocycles. The third-order valence-electron chi connectivity index (χ3n) is 5.33. The standard InChI is InChI=1S/C26H28N4O6/c31-22(30-35)11-5-2-6-16-27-25(33)19-12-14-20(15-13-19)28-26(34)29-23(18-8-3-1-4-9-18)24(32)21-10-7-17-36-21/h1,3-4,7-10,12-15,17,23,35H,2,5-6,11,16H2,(H,27,33)(H,30,31)(H2,28,29,34)/t23-/m0/s1. The zero-order valence-electron chi connectivity index (χ0n) is 19.5. The average Bonchev–Trinajstić information content (AvgIpc) is 3.44. The van der Waals surface area contributed by atoms with Gasteiger partial charge in [0.05, 0.1) is 6.26 Å². The van der Waals surface area contributed by atoms with Crippen molar-refractivity contribution in [3.8, 4) is 0 Å². The molecule has 3 aromatic rings. The van der Waals surface area contributed by atoms with Crippen molar-refractivity contribution in [1.29, 1.82) is 0 Å². The maximum absolute atomic E-state index is 12.9. The lowest BCUT2D eigenvalue weighted by molar-refractivity contribution is -0.129. The normalized spacial score (nSPS) is 11.2. The summed E-state index contributed by atoms with van der Waals surface area (Å²) in [6.45, 7) is 0.451. The quantitative estimate of drug-likeness (QED) is 0.112. The van der Waals surface area contributed by atoms with Gasteiger partial charge in [-0.2, -0.15) is 0 Å². The largest absolute Gasteiger partial charge is 0.461 e. The molecule has 0 aliphatic heterocycles. The van der Waals surface area contributed by atoms with Gasteiger partial charge in [-0.3, -0.25) is 19.6 Å². The number of anilines is 1. The zero-order chi connectivity index (χ0) is 25.8. The first-order valence-corrected chi connectivity index (χ1v) is 11.5. The van der Waals surface area contributed by atoms with E-state index < -0.39 is 18.0 Å². The molecule has 0 spiro atoms. The van der Waals surface area contributed by atoms with Crippen molar-refractivity contribution in [1.82, 2.24) is 16.1 Å². The highest BCUT2D eigenvalue weighted by Gasteiger charge is 2.26. The van der Waals surface area contributed by atoms with Crippen LogP contribution in [0.3, 0.4) is 0 Å². The Morgan fingerprint density at radius 2 is 1.61 bits per heavy atom. The monoisotopic (exact) mass is 492 g/mol. The number of ketones is 1. The van der Waals surface area contributed by atoms with Gasteiger partial charge in [0.15, 0.2) is 5.76 Å². The lowest BCUT2D eigenvalue weighted by Gasteiger charge is -2.17. The second kappa shape index (κ2) is 13.4. The van der Waals surface area contributed by atoms with Crippen molar-refractivity contribution in [2.24, 2.45) is 0 Å². The number of rotatable bonds is 12. The third kappa shape index (κ3) is 7.81. The van der Waals surface area contributed by atoms with E-state index in [0.717, 1.165) is 6.42 Å². The van der Waals surface area contributed by atoms with Crippen LogP contribution in [-0.2, 0) is 4.79 Å². The number of nitrogens with one attached hydrogen (secondary N) is 4. The first kappa shape index (κ1) is 26.2. The van der Waals surface area contributed by atoms with Crippen LogP contribution in [0.1, 0.15) is 58.2 Å². The van der Waals surface area contributed by atoms with E-state index in [2.05, 4.69) is 16.0 Å². The van der Waals surface area contributed by atoms with Crippen LogP contribution >= 0.6 is 0 Å². The summed E-state index contributed by atoms with van der Waals surface area (Å²) in [7, 11) is 0. The smallest absolute Gasteiger partial charge is 0.320 e. The van der Waals surface area contributed by atoms with Crippen LogP contribution in [0.25, 0.3) is 0 Å². The van der Waals surface area contributed by atoms with E-state index in [4.69, 9.17) is 9.62 Å². The van der Waals surface area contributed by atoms with E-state index in [9.17, 15) is 19.2 Å². The first-order chi connectivity index (χ1) is 17.5. The Hall–Kier alpha value is -4.44. The van der Waals surface area contributed by atoms with Crippen LogP contribution in [-0.4, -0.2) is 35.4 Å². The van der Waals surface area contributed by atoms with E-state index in [0.29, 0.717) is 36.2 Å². The van der Waals surface area contributed by atoms with Crippen LogP contribution < -0.4 is 21.4 Å². The Bertz CT molecular complexity index is 1150. The molecule has 5 N–H and O–H groups in total. The average molecular weight is 493 g/mol. The maximum atomic E-state index is 12.9. The predicted octanol–water partition coefficient (Wildman–Crippen LogP) is 3.82. The number of urea groups is 1. The minimum Gasteiger partial charge on any atom is -0.461 e. The fraction of sp³-hybridized carbons (Fsp3) is 0.231. The summed E-state index contributed by atoms with van der Waals surface area (Å²) < 4.78 is 5.21. The van der Waals surface area contributed by atoms with Gasteiger partial charge in [-0.25, -0.2) is 10.3 Å². The highest BCUT2D eigenvalue weighted by molar-refractivity contribution is 6.02. The molecular formula is C26H28N4O6. The summed E-state index contributed by atoms with van der Waals surface area (Å²) in [6, 6.07) is 16.8. The maximum Gasteiger partial charge on any atom is 0.320 e. The number of Topliss-reactive ketones (excluding diaryl/α,β-unsaturated/α-hetero) is 1. The van der Waals surface area contributed by atoms with Crippen molar-refractivity contribution in [2.45, 2.75) is 31.7 Å². The Labute approximate surface area is 208 Å². The molecule has 0 unspecified atom stereocenters. The van der Waals surface area contributed by atoms with E-state index >= 15 is 0 Å². The zero-order valence-corrected chi connectivity index (χ0v) is 19.5. The topological polar surface area (TPSA) is 150 Å². The molecule has 188 valence electrons. The molecule has 3 rings (SSSR count). The van der Waals surface area contributed by atoms with Gasteiger partial charge < -0.3 is 20.4 Å². The van der Waals surface area contributed by atoms with E-state index in [1.165, 1.54) is 12.3 Å². The predicted molar refractivity (Wildman–Crippen MR) is 132 cm³/mol. The first-order valence-electron chi connectivity index (χ1n) is 11.5. The molecule has 0 fully saturated rings. The third-order valence-corrected chi connectivity index (χ3v) is 5.33. The molecular weight excluding hydrogens is 464 g/mol. The molecule has 4 amide bonds. The Balaban J connectivity index is 1.51. The molecule has 0 aliphatic rings. The van der Waals surface area contributed by atoms with Crippen molar-refractivity contribution in [2.75, 3.05) is 11.9 Å². The molecule has 2 aromatic carbocycles. The highest BCUT2D eigenvalue weighted by Crippen LogP contribution is 2.19. The number of carbonyl (C=O) groups is 4. The molecule has 10 heteroatoms. The molecule has 10 nitrogen and oxygen atoms in total. The van der Waals surface area contributed by atoms with Gasteiger partial charge in [-0.1, -0.05) is 36.8 Å². The molecule has 0 radical (unpaired) electrons. The molecule has 1 atom stereocenters. The van der Waals surface area contributed by atoms with Crippen molar-refractivity contribution >= 4 is 29.3 Å². The lowest BCUT2D eigenvalue weighted by atomic mass is 10.0. The minimum absolute atomic E-state index is 0.134. The number of carbonyl (C=O) groups excluding carboxylic acids is 4. The van der Waals surface area contributed by atoms with Crippen LogP contribution in [0.2, 0.25) is 0 Å². The van der Waals surface area contributed by atoms with Crippen molar-refractivity contribution < 1.29 is 28.8 Å². The summed E-state index contributed by atoms with van der Waals surface area (Å²) in [5.41, 5.74) is 3.06. The van der Waals surface area contributed by atoms with Gasteiger partial charge in [0, 0.05) is 24.2 Å². The van der Waals surface area contributed by atoms with E-state index in [-0.39, 0.29) is 23.9 Å². The number of unbranched alkanes of at least 4 members (excludes halogenated alkanes) is 2. The molecule has 36 heavy (non-hydrogen) atoms. The van der Waals surface area contributed by atoms with Gasteiger partial charge in [0.25, 0.3) is 5.91 Å². The Morgan fingerprint density at radius 1 is 0.861 bits per heavy atom. The number of benzene rings is 2. The van der Waals surface area contributed by atoms with Gasteiger partial charge in [-0.15, -0.1) is 0 Å². The van der Waals surface area contributed by atoms with Crippen LogP contribution in [0.5, 0.6) is 0 Å². The SMILES string of the molecule is O=C(CCCCCNC(=O)c1ccc(NC(=O)N[C@H](C(=O)c2ccco2)c2ccccc2)cc1)NO. The van der Waals surface area contributed by atoms with Crippen molar-refractivity contribution in [3.63, 3.8) is 0 Å². The summed E-state index contributed by atoms with van der Waals surface area (Å²) >= 11 is 0. The van der Waals surface area contributed by atoms with E-state index in [1.807, 2.05) is 6.07 Å². The summed E-state index contributed by atoms with van der Waals surface area (Å²) in [5.74, 6) is -0.936. The number of hydroxylamine groups is 1. The lowest BCUT2D eigenvalue weighted by Crippen LogP contribution is -2.36. The number of amides is 4. The Morgan fingerprint density at radius 3 is 2.28 bits per heavy atom. The van der Waals surface area contributed by atoms with Gasteiger partial charge in [0.1, 0.15) is 6.04 Å². The Kier molecular flexibility index (Phi) is 9.78. The van der Waals surface area contributed by atoms with Crippen LogP contribution in [0.15, 0.2) is 77.4 Å². The second-order valence-electron chi connectivity index (χ2n) is 7.96. The molecule has 0 bridgehead atoms. The van der Waals surface area contributed by atoms with Crippen LogP contribution in [0, 0.1) is 0 Å². The molecule has 0 saturated carbocycles. The summed E-state index contributed by atoms with van der Waals surface area (Å²) in [5, 5.41) is 16.6. The fourth-order valence-electron chi connectivity index (χ4n) is 3.46. The highest BCUT2D eigenvalue weighted by atomic mass is 16.5.